The highest BCUT2D eigenvalue weighted by atomic mass is 15.2. The molecule has 1 saturated heterocycles. The van der Waals surface area contributed by atoms with Gasteiger partial charge in [-0.3, -0.25) is 9.88 Å². The second kappa shape index (κ2) is 3.30. The molecule has 2 N–H and O–H groups in total. The van der Waals surface area contributed by atoms with Gasteiger partial charge in [-0.15, -0.1) is 0 Å². The highest BCUT2D eigenvalue weighted by Gasteiger charge is 2.25. The average molecular weight is 178 g/mol. The molecule has 1 fully saturated rings. The van der Waals surface area contributed by atoms with Crippen LogP contribution in [-0.4, -0.2) is 28.5 Å². The molecule has 0 aliphatic carbocycles. The Hall–Kier alpha value is -1.16. The summed E-state index contributed by atoms with van der Waals surface area (Å²) in [7, 11) is 2.10. The Bertz CT molecular complexity index is 299. The summed E-state index contributed by atoms with van der Waals surface area (Å²) in [5, 5.41) is 0. The standard InChI is InChI=1S/C9H14N4/c1-13-6-2-3-7(13)8-9(10)12-5-4-11-8/h4-5,7H,2-3,6H2,1H3,(H2,10,12). The molecule has 0 spiro atoms. The van der Waals surface area contributed by atoms with Crippen molar-refractivity contribution in [1.29, 1.82) is 0 Å². The Kier molecular flexibility index (Phi) is 2.14. The molecule has 1 atom stereocenters. The first-order chi connectivity index (χ1) is 6.29. The second-order valence-corrected chi connectivity index (χ2v) is 3.47. The van der Waals surface area contributed by atoms with Crippen LogP contribution >= 0.6 is 0 Å². The predicted octanol–water partition coefficient (Wildman–Crippen LogP) is 0.825. The van der Waals surface area contributed by atoms with Crippen LogP contribution in [0.4, 0.5) is 5.82 Å². The normalized spacial score (nSPS) is 23.6. The van der Waals surface area contributed by atoms with Crippen molar-refractivity contribution < 1.29 is 0 Å². The Morgan fingerprint density at radius 1 is 1.46 bits per heavy atom. The first kappa shape index (κ1) is 8.44. The third-order valence-corrected chi connectivity index (χ3v) is 2.59. The van der Waals surface area contributed by atoms with Crippen LogP contribution in [0.15, 0.2) is 12.4 Å². The zero-order chi connectivity index (χ0) is 9.26. The summed E-state index contributed by atoms with van der Waals surface area (Å²) in [6.45, 7) is 1.13. The minimum Gasteiger partial charge on any atom is -0.382 e. The summed E-state index contributed by atoms with van der Waals surface area (Å²) >= 11 is 0. The van der Waals surface area contributed by atoms with Gasteiger partial charge in [0.2, 0.25) is 0 Å². The molecule has 70 valence electrons. The Balaban J connectivity index is 2.29. The Labute approximate surface area is 77.8 Å². The van der Waals surface area contributed by atoms with E-state index >= 15 is 0 Å². The van der Waals surface area contributed by atoms with Gasteiger partial charge in [-0.2, -0.15) is 0 Å². The van der Waals surface area contributed by atoms with Crippen molar-refractivity contribution in [1.82, 2.24) is 14.9 Å². The molecule has 0 aromatic carbocycles. The highest BCUT2D eigenvalue weighted by Crippen LogP contribution is 2.30. The molecule has 2 rings (SSSR count). The van der Waals surface area contributed by atoms with Gasteiger partial charge >= 0.3 is 0 Å². The van der Waals surface area contributed by atoms with Gasteiger partial charge in [-0.05, 0) is 26.4 Å². The van der Waals surface area contributed by atoms with Crippen molar-refractivity contribution in [2.45, 2.75) is 18.9 Å². The number of aromatic nitrogens is 2. The van der Waals surface area contributed by atoms with Crippen molar-refractivity contribution in [2.75, 3.05) is 19.3 Å². The van der Waals surface area contributed by atoms with Crippen molar-refractivity contribution in [3.05, 3.63) is 18.1 Å². The first-order valence-corrected chi connectivity index (χ1v) is 4.55. The van der Waals surface area contributed by atoms with E-state index < -0.39 is 0 Å². The van der Waals surface area contributed by atoms with Crippen LogP contribution in [0.2, 0.25) is 0 Å². The summed E-state index contributed by atoms with van der Waals surface area (Å²) in [4.78, 5) is 10.6. The van der Waals surface area contributed by atoms with Gasteiger partial charge in [0.25, 0.3) is 0 Å². The lowest BCUT2D eigenvalue weighted by Gasteiger charge is -2.19. The molecule has 0 amide bonds. The summed E-state index contributed by atoms with van der Waals surface area (Å²) in [5.41, 5.74) is 6.70. The van der Waals surface area contributed by atoms with Gasteiger partial charge in [-0.1, -0.05) is 0 Å². The fraction of sp³-hybridized carbons (Fsp3) is 0.556. The van der Waals surface area contributed by atoms with Crippen molar-refractivity contribution in [3.8, 4) is 0 Å². The molecule has 0 radical (unpaired) electrons. The molecule has 0 bridgehead atoms. The van der Waals surface area contributed by atoms with Crippen LogP contribution in [-0.2, 0) is 0 Å². The van der Waals surface area contributed by atoms with E-state index in [1.807, 2.05) is 0 Å². The molecule has 2 heterocycles. The summed E-state index contributed by atoms with van der Waals surface area (Å²) < 4.78 is 0. The van der Waals surface area contributed by atoms with Crippen LogP contribution in [0.5, 0.6) is 0 Å². The lowest BCUT2D eigenvalue weighted by molar-refractivity contribution is 0.312. The molecule has 4 heteroatoms. The van der Waals surface area contributed by atoms with E-state index in [4.69, 9.17) is 5.73 Å². The number of nitrogens with zero attached hydrogens (tertiary/aromatic N) is 3. The van der Waals surface area contributed by atoms with E-state index in [0.717, 1.165) is 18.7 Å². The third-order valence-electron chi connectivity index (χ3n) is 2.59. The van der Waals surface area contributed by atoms with Crippen molar-refractivity contribution in [2.24, 2.45) is 0 Å². The summed E-state index contributed by atoms with van der Waals surface area (Å²) in [5.74, 6) is 0.571. The van der Waals surface area contributed by atoms with Crippen molar-refractivity contribution >= 4 is 5.82 Å². The van der Waals surface area contributed by atoms with E-state index in [1.54, 1.807) is 12.4 Å². The molecular weight excluding hydrogens is 164 g/mol. The predicted molar refractivity (Wildman–Crippen MR) is 51.0 cm³/mol. The third kappa shape index (κ3) is 1.49. The van der Waals surface area contributed by atoms with E-state index in [0.29, 0.717) is 11.9 Å². The van der Waals surface area contributed by atoms with Crippen LogP contribution in [0.1, 0.15) is 24.6 Å². The minimum absolute atomic E-state index is 0.369. The number of nitrogens with two attached hydrogens (primary N) is 1. The molecule has 13 heavy (non-hydrogen) atoms. The van der Waals surface area contributed by atoms with E-state index in [9.17, 15) is 0 Å². The van der Waals surface area contributed by atoms with E-state index in [2.05, 4.69) is 21.9 Å². The number of rotatable bonds is 1. The molecule has 1 unspecified atom stereocenters. The number of hydrogen-bond acceptors (Lipinski definition) is 4. The zero-order valence-electron chi connectivity index (χ0n) is 7.77. The van der Waals surface area contributed by atoms with Gasteiger partial charge in [-0.25, -0.2) is 4.98 Å². The van der Waals surface area contributed by atoms with Crippen LogP contribution in [0.25, 0.3) is 0 Å². The quantitative estimate of drug-likeness (QED) is 0.692. The fourth-order valence-corrected chi connectivity index (χ4v) is 1.87. The SMILES string of the molecule is CN1CCCC1c1nccnc1N. The fourth-order valence-electron chi connectivity index (χ4n) is 1.87. The second-order valence-electron chi connectivity index (χ2n) is 3.47. The lowest BCUT2D eigenvalue weighted by Crippen LogP contribution is -2.20. The monoisotopic (exact) mass is 178 g/mol. The molecule has 0 saturated carbocycles. The molecule has 1 aliphatic heterocycles. The van der Waals surface area contributed by atoms with E-state index in [-0.39, 0.29) is 0 Å². The average Bonchev–Trinajstić information content (AvgIpc) is 2.52. The largest absolute Gasteiger partial charge is 0.382 e. The van der Waals surface area contributed by atoms with Crippen LogP contribution in [0.3, 0.4) is 0 Å². The van der Waals surface area contributed by atoms with Gasteiger partial charge in [0, 0.05) is 12.4 Å². The number of hydrogen-bond donors (Lipinski definition) is 1. The van der Waals surface area contributed by atoms with Gasteiger partial charge < -0.3 is 5.73 Å². The Morgan fingerprint density at radius 3 is 2.85 bits per heavy atom. The Morgan fingerprint density at radius 2 is 2.23 bits per heavy atom. The number of anilines is 1. The smallest absolute Gasteiger partial charge is 0.146 e. The van der Waals surface area contributed by atoms with Crippen LogP contribution < -0.4 is 5.73 Å². The maximum absolute atomic E-state index is 5.76. The lowest BCUT2D eigenvalue weighted by atomic mass is 10.1. The van der Waals surface area contributed by atoms with Gasteiger partial charge in [0.1, 0.15) is 5.82 Å². The summed E-state index contributed by atoms with van der Waals surface area (Å²) in [6.07, 6.45) is 5.70. The zero-order valence-corrected chi connectivity index (χ0v) is 7.77. The van der Waals surface area contributed by atoms with Gasteiger partial charge in [0.05, 0.1) is 11.7 Å². The number of likely N-dealkylation sites (tertiary alicyclic amines) is 1. The highest BCUT2D eigenvalue weighted by molar-refractivity contribution is 5.35. The summed E-state index contributed by atoms with van der Waals surface area (Å²) in [6, 6.07) is 0.369. The molecule has 1 aromatic heterocycles. The maximum Gasteiger partial charge on any atom is 0.146 e. The molecule has 4 nitrogen and oxygen atoms in total. The van der Waals surface area contributed by atoms with Gasteiger partial charge in [0.15, 0.2) is 0 Å². The maximum atomic E-state index is 5.76. The topological polar surface area (TPSA) is 55.0 Å². The molecule has 1 aromatic rings. The molecule has 1 aliphatic rings. The minimum atomic E-state index is 0.369. The first-order valence-electron chi connectivity index (χ1n) is 4.55. The van der Waals surface area contributed by atoms with Crippen LogP contribution in [0, 0.1) is 0 Å². The molecular formula is C9H14N4. The van der Waals surface area contributed by atoms with E-state index in [1.165, 1.54) is 6.42 Å². The number of nitrogen functional groups attached to an aromatic ring is 1. The van der Waals surface area contributed by atoms with Crippen molar-refractivity contribution in [3.63, 3.8) is 0 Å².